The van der Waals surface area contributed by atoms with E-state index in [2.05, 4.69) is 0 Å². The van der Waals surface area contributed by atoms with Crippen molar-refractivity contribution in [3.63, 3.8) is 0 Å². The third kappa shape index (κ3) is 2.70. The summed E-state index contributed by atoms with van der Waals surface area (Å²) in [5.41, 5.74) is 3.33. The zero-order chi connectivity index (χ0) is 14.9. The van der Waals surface area contributed by atoms with Gasteiger partial charge in [-0.15, -0.1) is 0 Å². The van der Waals surface area contributed by atoms with Gasteiger partial charge in [0.15, 0.2) is 11.5 Å². The Morgan fingerprint density at radius 2 is 1.25 bits per heavy atom. The van der Waals surface area contributed by atoms with Crippen LogP contribution in [-0.2, 0) is 13.0 Å². The van der Waals surface area contributed by atoms with Crippen molar-refractivity contribution in [3.05, 3.63) is 52.1 Å². The van der Waals surface area contributed by atoms with E-state index in [1.165, 1.54) is 6.07 Å². The molecule has 106 valence electrons. The van der Waals surface area contributed by atoms with E-state index in [4.69, 9.17) is 0 Å². The zero-order valence-electron chi connectivity index (χ0n) is 11.5. The van der Waals surface area contributed by atoms with Gasteiger partial charge in [0.05, 0.1) is 6.61 Å². The molecule has 4 nitrogen and oxygen atoms in total. The molecule has 0 aromatic heterocycles. The molecule has 0 aliphatic carbocycles. The van der Waals surface area contributed by atoms with Crippen LogP contribution in [0.1, 0.15) is 27.8 Å². The van der Waals surface area contributed by atoms with Gasteiger partial charge in [0.25, 0.3) is 0 Å². The Hall–Kier alpha value is -2.20. The first-order chi connectivity index (χ1) is 9.42. The summed E-state index contributed by atoms with van der Waals surface area (Å²) in [6.45, 7) is 3.44. The average molecular weight is 274 g/mol. The van der Waals surface area contributed by atoms with E-state index in [0.29, 0.717) is 16.7 Å². The monoisotopic (exact) mass is 274 g/mol. The van der Waals surface area contributed by atoms with Gasteiger partial charge in [0.1, 0.15) is 5.75 Å². The van der Waals surface area contributed by atoms with Gasteiger partial charge >= 0.3 is 0 Å². The summed E-state index contributed by atoms with van der Waals surface area (Å²) in [7, 11) is 0. The van der Waals surface area contributed by atoms with Crippen LogP contribution in [-0.4, -0.2) is 20.4 Å². The number of aryl methyl sites for hydroxylation is 2. The highest BCUT2D eigenvalue weighted by molar-refractivity contribution is 5.52. The summed E-state index contributed by atoms with van der Waals surface area (Å²) in [5, 5.41) is 38.8. The molecule has 0 radical (unpaired) electrons. The number of hydrogen-bond acceptors (Lipinski definition) is 4. The molecule has 0 saturated carbocycles. The van der Waals surface area contributed by atoms with Crippen LogP contribution in [0.2, 0.25) is 0 Å². The Morgan fingerprint density at radius 3 is 1.85 bits per heavy atom. The Kier molecular flexibility index (Phi) is 3.86. The SMILES string of the molecule is Cc1cc(O)c(O)c(Cc2cc(C)cc(CO)c2O)c1. The molecule has 0 amide bonds. The van der Waals surface area contributed by atoms with Gasteiger partial charge in [0.2, 0.25) is 0 Å². The van der Waals surface area contributed by atoms with E-state index in [9.17, 15) is 20.4 Å². The van der Waals surface area contributed by atoms with Crippen molar-refractivity contribution in [3.8, 4) is 17.2 Å². The molecule has 0 saturated heterocycles. The van der Waals surface area contributed by atoms with Crippen molar-refractivity contribution in [1.82, 2.24) is 0 Å². The fourth-order valence-electron chi connectivity index (χ4n) is 2.36. The summed E-state index contributed by atoms with van der Waals surface area (Å²) in [6.07, 6.45) is 0.279. The topological polar surface area (TPSA) is 80.9 Å². The lowest BCUT2D eigenvalue weighted by Crippen LogP contribution is -1.96. The minimum atomic E-state index is -0.244. The summed E-state index contributed by atoms with van der Waals surface area (Å²) >= 11 is 0. The summed E-state index contributed by atoms with van der Waals surface area (Å²) in [6, 6.07) is 6.75. The third-order valence-electron chi connectivity index (χ3n) is 3.28. The molecule has 0 atom stereocenters. The standard InChI is InChI=1S/C16H18O4/c1-9-3-11(15(19)13(5-9)8-17)7-12-4-10(2)6-14(18)16(12)20/h3-6,17-20H,7-8H2,1-2H3. The Morgan fingerprint density at radius 1 is 0.750 bits per heavy atom. The van der Waals surface area contributed by atoms with Crippen LogP contribution in [0.15, 0.2) is 24.3 Å². The van der Waals surface area contributed by atoms with Gasteiger partial charge in [-0.3, -0.25) is 0 Å². The van der Waals surface area contributed by atoms with Crippen molar-refractivity contribution in [2.24, 2.45) is 0 Å². The maximum Gasteiger partial charge on any atom is 0.161 e. The molecule has 0 spiro atoms. The number of hydrogen-bond donors (Lipinski definition) is 4. The van der Waals surface area contributed by atoms with Crippen LogP contribution >= 0.6 is 0 Å². The minimum absolute atomic E-state index is 0.0264. The predicted octanol–water partition coefficient (Wildman–Crippen LogP) is 2.50. The van der Waals surface area contributed by atoms with Gasteiger partial charge < -0.3 is 20.4 Å². The molecule has 0 fully saturated rings. The van der Waals surface area contributed by atoms with Gasteiger partial charge in [-0.2, -0.15) is 0 Å². The van der Waals surface area contributed by atoms with E-state index in [1.54, 1.807) is 18.2 Å². The van der Waals surface area contributed by atoms with E-state index in [1.807, 2.05) is 13.8 Å². The van der Waals surface area contributed by atoms with Gasteiger partial charge in [0, 0.05) is 17.5 Å². The van der Waals surface area contributed by atoms with Crippen molar-refractivity contribution in [2.45, 2.75) is 26.9 Å². The Balaban J connectivity index is 2.47. The lowest BCUT2D eigenvalue weighted by Gasteiger charge is -2.12. The van der Waals surface area contributed by atoms with E-state index in [0.717, 1.165) is 11.1 Å². The number of phenolic OH excluding ortho intramolecular Hbond substituents is 2. The average Bonchev–Trinajstić information content (AvgIpc) is 2.39. The Labute approximate surface area is 117 Å². The van der Waals surface area contributed by atoms with Crippen molar-refractivity contribution in [2.75, 3.05) is 0 Å². The van der Waals surface area contributed by atoms with E-state index in [-0.39, 0.29) is 30.3 Å². The van der Waals surface area contributed by atoms with Crippen molar-refractivity contribution < 1.29 is 20.4 Å². The number of phenols is 3. The maximum atomic E-state index is 10.1. The van der Waals surface area contributed by atoms with Crippen molar-refractivity contribution in [1.29, 1.82) is 0 Å². The van der Waals surface area contributed by atoms with Crippen LogP contribution in [0.25, 0.3) is 0 Å². The number of benzene rings is 2. The molecular weight excluding hydrogens is 256 g/mol. The zero-order valence-corrected chi connectivity index (χ0v) is 11.5. The first-order valence-corrected chi connectivity index (χ1v) is 6.36. The molecule has 4 heteroatoms. The van der Waals surface area contributed by atoms with Crippen LogP contribution in [0.4, 0.5) is 0 Å². The molecule has 0 bridgehead atoms. The molecule has 4 N–H and O–H groups in total. The molecular formula is C16H18O4. The molecule has 2 rings (SSSR count). The second kappa shape index (κ2) is 5.43. The highest BCUT2D eigenvalue weighted by atomic mass is 16.3. The van der Waals surface area contributed by atoms with E-state index >= 15 is 0 Å². The molecule has 20 heavy (non-hydrogen) atoms. The summed E-state index contributed by atoms with van der Waals surface area (Å²) in [5.74, 6) is -0.324. The Bertz CT molecular complexity index is 647. The molecule has 2 aromatic carbocycles. The normalized spacial score (nSPS) is 10.8. The summed E-state index contributed by atoms with van der Waals surface area (Å²) in [4.78, 5) is 0. The predicted molar refractivity (Wildman–Crippen MR) is 76.1 cm³/mol. The first-order valence-electron chi connectivity index (χ1n) is 6.36. The molecule has 0 aliphatic rings. The molecule has 0 aliphatic heterocycles. The molecule has 0 heterocycles. The molecule has 0 unspecified atom stereocenters. The van der Waals surface area contributed by atoms with E-state index < -0.39 is 0 Å². The van der Waals surface area contributed by atoms with Crippen LogP contribution in [0.5, 0.6) is 17.2 Å². The van der Waals surface area contributed by atoms with Crippen LogP contribution in [0, 0.1) is 13.8 Å². The lowest BCUT2D eigenvalue weighted by molar-refractivity contribution is 0.275. The quantitative estimate of drug-likeness (QED) is 0.648. The lowest BCUT2D eigenvalue weighted by atomic mass is 9.97. The van der Waals surface area contributed by atoms with Gasteiger partial charge in [-0.05, 0) is 31.0 Å². The first kappa shape index (κ1) is 14.2. The highest BCUT2D eigenvalue weighted by Gasteiger charge is 2.13. The number of rotatable bonds is 3. The second-order valence-electron chi connectivity index (χ2n) is 5.06. The number of aromatic hydroxyl groups is 3. The third-order valence-corrected chi connectivity index (χ3v) is 3.28. The van der Waals surface area contributed by atoms with Crippen molar-refractivity contribution >= 4 is 0 Å². The second-order valence-corrected chi connectivity index (χ2v) is 5.06. The highest BCUT2D eigenvalue weighted by Crippen LogP contribution is 2.34. The minimum Gasteiger partial charge on any atom is -0.507 e. The number of aliphatic hydroxyl groups is 1. The van der Waals surface area contributed by atoms with Gasteiger partial charge in [-0.1, -0.05) is 23.8 Å². The van der Waals surface area contributed by atoms with Crippen LogP contribution < -0.4 is 0 Å². The smallest absolute Gasteiger partial charge is 0.161 e. The summed E-state index contributed by atoms with van der Waals surface area (Å²) < 4.78 is 0. The van der Waals surface area contributed by atoms with Gasteiger partial charge in [-0.25, -0.2) is 0 Å². The molecule has 2 aromatic rings. The maximum absolute atomic E-state index is 10.1. The fraction of sp³-hybridized carbons (Fsp3) is 0.250. The largest absolute Gasteiger partial charge is 0.507 e. The number of aliphatic hydroxyl groups excluding tert-OH is 1. The fourth-order valence-corrected chi connectivity index (χ4v) is 2.36. The van der Waals surface area contributed by atoms with Crippen LogP contribution in [0.3, 0.4) is 0 Å².